The molecule has 0 radical (unpaired) electrons. The summed E-state index contributed by atoms with van der Waals surface area (Å²) in [6.45, 7) is 0. The highest BCUT2D eigenvalue weighted by Gasteiger charge is 2.07. The lowest BCUT2D eigenvalue weighted by molar-refractivity contribution is -0.120. The van der Waals surface area contributed by atoms with Crippen LogP contribution in [0, 0.1) is 0 Å². The van der Waals surface area contributed by atoms with Gasteiger partial charge in [0.1, 0.15) is 11.6 Å². The third-order valence-corrected chi connectivity index (χ3v) is 3.15. The molecule has 0 bridgehead atoms. The zero-order valence-electron chi connectivity index (χ0n) is 12.3. The largest absolute Gasteiger partial charge is 0.299 e. The smallest absolute Gasteiger partial charge is 0.138 e. The molecule has 2 heterocycles. The van der Waals surface area contributed by atoms with Crippen LogP contribution in [0.25, 0.3) is 0 Å². The summed E-state index contributed by atoms with van der Waals surface area (Å²) in [4.78, 5) is 39.6. The van der Waals surface area contributed by atoms with Crippen molar-refractivity contribution < 1.29 is 9.59 Å². The lowest BCUT2D eigenvalue weighted by Gasteiger charge is -2.02. The number of unbranched alkanes of at least 4 members (excludes halogenated alkanes) is 1. The van der Waals surface area contributed by atoms with Crippen LogP contribution in [-0.4, -0.2) is 31.5 Å². The fourth-order valence-corrected chi connectivity index (χ4v) is 2.07. The number of carbonyl (C=O) groups is 2. The Morgan fingerprint density at radius 3 is 1.55 bits per heavy atom. The number of rotatable bonds is 9. The molecule has 0 unspecified atom stereocenters. The first-order chi connectivity index (χ1) is 10.7. The molecule has 0 aliphatic rings. The van der Waals surface area contributed by atoms with Gasteiger partial charge in [-0.15, -0.1) is 0 Å². The van der Waals surface area contributed by atoms with E-state index in [1.165, 1.54) is 0 Å². The Morgan fingerprint density at radius 2 is 1.18 bits per heavy atom. The van der Waals surface area contributed by atoms with Crippen LogP contribution in [-0.2, 0) is 22.4 Å². The Labute approximate surface area is 129 Å². The molecule has 0 saturated heterocycles. The van der Waals surface area contributed by atoms with Gasteiger partial charge in [-0.3, -0.25) is 29.5 Å². The van der Waals surface area contributed by atoms with E-state index in [2.05, 4.69) is 19.9 Å². The Morgan fingerprint density at radius 1 is 0.727 bits per heavy atom. The number of hydrogen-bond donors (Lipinski definition) is 0. The standard InChI is InChI=1S/C16H18N4O2/c21-15(9-13-11-17-5-7-19-13)3-1-2-4-16(22)10-14-12-18-6-8-20-14/h5-8,11-12H,1-4,9-10H2. The molecule has 2 aromatic rings. The van der Waals surface area contributed by atoms with Crippen LogP contribution in [0.2, 0.25) is 0 Å². The fraction of sp³-hybridized carbons (Fsp3) is 0.375. The lowest BCUT2D eigenvalue weighted by Crippen LogP contribution is -2.07. The van der Waals surface area contributed by atoms with E-state index in [0.717, 1.165) is 0 Å². The van der Waals surface area contributed by atoms with Crippen LogP contribution in [0.15, 0.2) is 37.2 Å². The molecular formula is C16H18N4O2. The van der Waals surface area contributed by atoms with Gasteiger partial charge in [0.25, 0.3) is 0 Å². The van der Waals surface area contributed by atoms with Gasteiger partial charge in [0.15, 0.2) is 0 Å². The lowest BCUT2D eigenvalue weighted by atomic mass is 10.0. The van der Waals surface area contributed by atoms with Crippen LogP contribution >= 0.6 is 0 Å². The van der Waals surface area contributed by atoms with Gasteiger partial charge in [-0.1, -0.05) is 0 Å². The van der Waals surface area contributed by atoms with Crippen molar-refractivity contribution in [3.05, 3.63) is 48.6 Å². The second kappa shape index (κ2) is 8.71. The van der Waals surface area contributed by atoms with Crippen molar-refractivity contribution in [2.24, 2.45) is 0 Å². The molecule has 2 rings (SSSR count). The second-order valence-electron chi connectivity index (χ2n) is 5.03. The molecule has 0 amide bonds. The molecule has 114 valence electrons. The average Bonchev–Trinajstić information content (AvgIpc) is 2.53. The minimum absolute atomic E-state index is 0.127. The first-order valence-electron chi connectivity index (χ1n) is 7.27. The van der Waals surface area contributed by atoms with E-state index < -0.39 is 0 Å². The zero-order valence-corrected chi connectivity index (χ0v) is 12.3. The van der Waals surface area contributed by atoms with Crippen molar-refractivity contribution in [3.8, 4) is 0 Å². The normalized spacial score (nSPS) is 10.4. The highest BCUT2D eigenvalue weighted by atomic mass is 16.1. The first kappa shape index (κ1) is 15.9. The summed E-state index contributed by atoms with van der Waals surface area (Å²) in [5.74, 6) is 0.253. The topological polar surface area (TPSA) is 85.7 Å². The Balaban J connectivity index is 1.60. The first-order valence-corrected chi connectivity index (χ1v) is 7.27. The second-order valence-corrected chi connectivity index (χ2v) is 5.03. The number of nitrogens with zero attached hydrogens (tertiary/aromatic N) is 4. The molecule has 0 fully saturated rings. The third kappa shape index (κ3) is 5.87. The van der Waals surface area contributed by atoms with Gasteiger partial charge < -0.3 is 0 Å². The van der Waals surface area contributed by atoms with E-state index in [0.29, 0.717) is 49.9 Å². The van der Waals surface area contributed by atoms with Crippen molar-refractivity contribution in [3.63, 3.8) is 0 Å². The van der Waals surface area contributed by atoms with E-state index in [1.54, 1.807) is 37.2 Å². The van der Waals surface area contributed by atoms with Crippen molar-refractivity contribution in [2.75, 3.05) is 0 Å². The highest BCUT2D eigenvalue weighted by molar-refractivity contribution is 5.81. The zero-order chi connectivity index (χ0) is 15.6. The van der Waals surface area contributed by atoms with Crippen LogP contribution in [0.1, 0.15) is 37.1 Å². The van der Waals surface area contributed by atoms with E-state index in [9.17, 15) is 9.59 Å². The Kier molecular flexibility index (Phi) is 6.29. The summed E-state index contributed by atoms with van der Waals surface area (Å²) in [6.07, 6.45) is 12.5. The predicted octanol–water partition coefficient (Wildman–Crippen LogP) is 1.75. The number of Topliss-reactive ketones (excluding diaryl/α,β-unsaturated/α-hetero) is 2. The maximum atomic E-state index is 11.8. The molecule has 6 nitrogen and oxygen atoms in total. The number of aromatic nitrogens is 4. The van der Waals surface area contributed by atoms with Gasteiger partial charge in [0.2, 0.25) is 0 Å². The number of carbonyl (C=O) groups excluding carboxylic acids is 2. The number of ketones is 2. The molecule has 2 aromatic heterocycles. The van der Waals surface area contributed by atoms with Crippen molar-refractivity contribution in [1.82, 2.24) is 19.9 Å². The van der Waals surface area contributed by atoms with E-state index in [-0.39, 0.29) is 11.6 Å². The predicted molar refractivity (Wildman–Crippen MR) is 80.0 cm³/mol. The van der Waals surface area contributed by atoms with E-state index in [4.69, 9.17) is 0 Å². The molecule has 22 heavy (non-hydrogen) atoms. The Hall–Kier alpha value is -2.50. The van der Waals surface area contributed by atoms with Crippen LogP contribution in [0.3, 0.4) is 0 Å². The molecule has 0 saturated carbocycles. The molecule has 0 aromatic carbocycles. The Bertz CT molecular complexity index is 547. The monoisotopic (exact) mass is 298 g/mol. The van der Waals surface area contributed by atoms with Gasteiger partial charge in [-0.05, 0) is 12.8 Å². The van der Waals surface area contributed by atoms with Crippen molar-refractivity contribution in [2.45, 2.75) is 38.5 Å². The SMILES string of the molecule is O=C(CCCCC(=O)Cc1cnccn1)Cc1cnccn1. The summed E-state index contributed by atoms with van der Waals surface area (Å²) in [5, 5.41) is 0. The molecule has 0 spiro atoms. The number of hydrogen-bond acceptors (Lipinski definition) is 6. The van der Waals surface area contributed by atoms with Crippen molar-refractivity contribution >= 4 is 11.6 Å². The van der Waals surface area contributed by atoms with Crippen molar-refractivity contribution in [1.29, 1.82) is 0 Å². The summed E-state index contributed by atoms with van der Waals surface area (Å²) in [6, 6.07) is 0. The van der Waals surface area contributed by atoms with Crippen LogP contribution in [0.4, 0.5) is 0 Å². The van der Waals surface area contributed by atoms with Crippen LogP contribution in [0.5, 0.6) is 0 Å². The van der Waals surface area contributed by atoms with E-state index >= 15 is 0 Å². The molecular weight excluding hydrogens is 280 g/mol. The quantitative estimate of drug-likeness (QED) is 0.656. The average molecular weight is 298 g/mol. The van der Waals surface area contributed by atoms with Gasteiger partial charge in [0, 0.05) is 50.0 Å². The summed E-state index contributed by atoms with van der Waals surface area (Å²) < 4.78 is 0. The summed E-state index contributed by atoms with van der Waals surface area (Å²) >= 11 is 0. The summed E-state index contributed by atoms with van der Waals surface area (Å²) in [5.41, 5.74) is 1.37. The van der Waals surface area contributed by atoms with Gasteiger partial charge in [-0.2, -0.15) is 0 Å². The van der Waals surface area contributed by atoms with Gasteiger partial charge >= 0.3 is 0 Å². The minimum Gasteiger partial charge on any atom is -0.299 e. The molecule has 0 N–H and O–H groups in total. The highest BCUT2D eigenvalue weighted by Crippen LogP contribution is 2.06. The van der Waals surface area contributed by atoms with Crippen LogP contribution < -0.4 is 0 Å². The maximum absolute atomic E-state index is 11.8. The minimum atomic E-state index is 0.127. The molecule has 0 aliphatic heterocycles. The van der Waals surface area contributed by atoms with E-state index in [1.807, 2.05) is 0 Å². The fourth-order valence-electron chi connectivity index (χ4n) is 2.07. The third-order valence-electron chi connectivity index (χ3n) is 3.15. The molecule has 6 heteroatoms. The summed E-state index contributed by atoms with van der Waals surface area (Å²) in [7, 11) is 0. The maximum Gasteiger partial charge on any atom is 0.138 e. The van der Waals surface area contributed by atoms with Gasteiger partial charge in [0.05, 0.1) is 24.2 Å². The molecule has 0 atom stereocenters. The molecule has 0 aliphatic carbocycles. The van der Waals surface area contributed by atoms with Gasteiger partial charge in [-0.25, -0.2) is 0 Å².